The minimum atomic E-state index is -1.15. The highest BCUT2D eigenvalue weighted by molar-refractivity contribution is 6.31. The second kappa shape index (κ2) is 9.03. The van der Waals surface area contributed by atoms with E-state index in [4.69, 9.17) is 17.3 Å². The van der Waals surface area contributed by atoms with E-state index in [0.29, 0.717) is 37.3 Å². The number of hydrogen-bond donors (Lipinski definition) is 3. The van der Waals surface area contributed by atoms with E-state index in [1.54, 1.807) is 35.8 Å². The molecule has 1 spiro atoms. The van der Waals surface area contributed by atoms with Gasteiger partial charge in [0.05, 0.1) is 17.3 Å². The first-order valence-corrected chi connectivity index (χ1v) is 11.8. The number of primary amides is 1. The van der Waals surface area contributed by atoms with Crippen molar-refractivity contribution in [1.29, 1.82) is 0 Å². The molecule has 0 radical (unpaired) electrons. The molecule has 0 atom stereocenters. The lowest BCUT2D eigenvalue weighted by molar-refractivity contribution is -0.127. The lowest BCUT2D eigenvalue weighted by Gasteiger charge is -2.42. The van der Waals surface area contributed by atoms with E-state index in [-0.39, 0.29) is 29.9 Å². The Morgan fingerprint density at radius 1 is 1.32 bits per heavy atom. The SMILES string of the molecule is CC(C)(O)CN(C(=O)c1nc[nH]c1C(N)=O)[C@H]1CC[C@@]2(CCN(c3cccc(Cl)c3)C2=O)CC1. The minimum absolute atomic E-state index is 0.0545. The van der Waals surface area contributed by atoms with E-state index in [1.165, 1.54) is 6.33 Å². The highest BCUT2D eigenvalue weighted by Crippen LogP contribution is 2.47. The Hall–Kier alpha value is -2.91. The van der Waals surface area contributed by atoms with Gasteiger partial charge in [0.15, 0.2) is 5.69 Å². The Labute approximate surface area is 203 Å². The van der Waals surface area contributed by atoms with Crippen molar-refractivity contribution in [2.45, 2.75) is 57.6 Å². The third-order valence-corrected chi connectivity index (χ3v) is 7.13. The van der Waals surface area contributed by atoms with Crippen molar-refractivity contribution < 1.29 is 19.5 Å². The number of amides is 3. The summed E-state index contributed by atoms with van der Waals surface area (Å²) in [6.07, 6.45) is 4.47. The molecule has 0 bridgehead atoms. The summed E-state index contributed by atoms with van der Waals surface area (Å²) in [6, 6.07) is 7.11. The van der Waals surface area contributed by atoms with Gasteiger partial charge in [-0.15, -0.1) is 0 Å². The number of nitrogens with two attached hydrogens (primary N) is 1. The van der Waals surface area contributed by atoms with Gasteiger partial charge in [-0.05, 0) is 64.2 Å². The van der Waals surface area contributed by atoms with Crippen LogP contribution in [0.2, 0.25) is 5.02 Å². The second-order valence-corrected chi connectivity index (χ2v) is 10.4. The fraction of sp³-hybridized carbons (Fsp3) is 0.500. The van der Waals surface area contributed by atoms with Crippen LogP contribution >= 0.6 is 11.6 Å². The number of rotatable bonds is 6. The van der Waals surface area contributed by atoms with Gasteiger partial charge in [0.2, 0.25) is 5.91 Å². The van der Waals surface area contributed by atoms with Crippen molar-refractivity contribution >= 4 is 35.0 Å². The van der Waals surface area contributed by atoms with E-state index in [1.807, 2.05) is 12.1 Å². The summed E-state index contributed by atoms with van der Waals surface area (Å²) in [4.78, 5) is 48.6. The first-order chi connectivity index (χ1) is 16.0. The van der Waals surface area contributed by atoms with Gasteiger partial charge in [-0.1, -0.05) is 17.7 Å². The van der Waals surface area contributed by atoms with Crippen LogP contribution in [-0.2, 0) is 4.79 Å². The van der Waals surface area contributed by atoms with Crippen molar-refractivity contribution in [2.24, 2.45) is 11.1 Å². The molecular weight excluding hydrogens is 458 g/mol. The number of imidazole rings is 1. The molecule has 3 amide bonds. The number of halogens is 1. The molecule has 1 saturated heterocycles. The van der Waals surface area contributed by atoms with Crippen molar-refractivity contribution in [3.63, 3.8) is 0 Å². The maximum absolute atomic E-state index is 13.4. The van der Waals surface area contributed by atoms with Crippen molar-refractivity contribution in [2.75, 3.05) is 18.0 Å². The predicted molar refractivity (Wildman–Crippen MR) is 128 cm³/mol. The van der Waals surface area contributed by atoms with Crippen LogP contribution in [0, 0.1) is 5.41 Å². The monoisotopic (exact) mass is 487 g/mol. The molecule has 182 valence electrons. The van der Waals surface area contributed by atoms with E-state index < -0.39 is 22.8 Å². The van der Waals surface area contributed by atoms with Crippen molar-refractivity contribution in [1.82, 2.24) is 14.9 Å². The Morgan fingerprint density at radius 2 is 2.03 bits per heavy atom. The van der Waals surface area contributed by atoms with Gasteiger partial charge in [-0.2, -0.15) is 0 Å². The van der Waals surface area contributed by atoms with Crippen LogP contribution in [0.1, 0.15) is 66.9 Å². The van der Waals surface area contributed by atoms with Crippen molar-refractivity contribution in [3.8, 4) is 0 Å². The number of carbonyl (C=O) groups excluding carboxylic acids is 3. The highest BCUT2D eigenvalue weighted by atomic mass is 35.5. The molecule has 1 aliphatic carbocycles. The molecule has 1 aromatic heterocycles. The lowest BCUT2D eigenvalue weighted by atomic mass is 9.71. The summed E-state index contributed by atoms with van der Waals surface area (Å²) in [5, 5.41) is 11.1. The average molecular weight is 488 g/mol. The number of aromatic nitrogens is 2. The topological polar surface area (TPSA) is 133 Å². The molecule has 0 unspecified atom stereocenters. The summed E-state index contributed by atoms with van der Waals surface area (Å²) >= 11 is 6.13. The molecule has 2 fully saturated rings. The third-order valence-electron chi connectivity index (χ3n) is 6.89. The molecule has 9 nitrogen and oxygen atoms in total. The number of anilines is 1. The highest BCUT2D eigenvalue weighted by Gasteiger charge is 2.50. The van der Waals surface area contributed by atoms with Crippen LogP contribution in [0.3, 0.4) is 0 Å². The molecule has 1 aliphatic heterocycles. The molecule has 2 aliphatic rings. The first kappa shape index (κ1) is 24.2. The summed E-state index contributed by atoms with van der Waals surface area (Å²) in [5.41, 5.74) is 4.46. The van der Waals surface area contributed by atoms with E-state index in [9.17, 15) is 19.5 Å². The minimum Gasteiger partial charge on any atom is -0.389 e. The predicted octanol–water partition coefficient (Wildman–Crippen LogP) is 2.74. The lowest BCUT2D eigenvalue weighted by Crippen LogP contribution is -2.51. The Kier molecular flexibility index (Phi) is 6.44. The molecule has 34 heavy (non-hydrogen) atoms. The summed E-state index contributed by atoms with van der Waals surface area (Å²) in [6.45, 7) is 3.95. The zero-order valence-electron chi connectivity index (χ0n) is 19.4. The molecule has 4 rings (SSSR count). The number of aliphatic hydroxyl groups is 1. The first-order valence-electron chi connectivity index (χ1n) is 11.4. The molecule has 2 heterocycles. The maximum Gasteiger partial charge on any atom is 0.275 e. The quantitative estimate of drug-likeness (QED) is 0.576. The number of aromatic amines is 1. The van der Waals surface area contributed by atoms with Gasteiger partial charge >= 0.3 is 0 Å². The van der Waals surface area contributed by atoms with Gasteiger partial charge in [0.1, 0.15) is 5.69 Å². The second-order valence-electron chi connectivity index (χ2n) is 9.93. The molecule has 4 N–H and O–H groups in total. The molecule has 2 aromatic rings. The smallest absolute Gasteiger partial charge is 0.275 e. The Morgan fingerprint density at radius 3 is 2.65 bits per heavy atom. The van der Waals surface area contributed by atoms with E-state index >= 15 is 0 Å². The Bertz CT molecular complexity index is 1100. The zero-order chi connectivity index (χ0) is 24.7. The van der Waals surface area contributed by atoms with E-state index in [0.717, 1.165) is 12.1 Å². The van der Waals surface area contributed by atoms with Crippen LogP contribution in [0.4, 0.5) is 5.69 Å². The van der Waals surface area contributed by atoms with Gasteiger partial charge in [-0.3, -0.25) is 14.4 Å². The Balaban J connectivity index is 1.52. The van der Waals surface area contributed by atoms with Crippen molar-refractivity contribution in [3.05, 3.63) is 47.0 Å². The normalized spacial score (nSPS) is 22.9. The number of benzene rings is 1. The molecule has 1 aromatic carbocycles. The molecule has 10 heteroatoms. The fourth-order valence-corrected chi connectivity index (χ4v) is 5.39. The maximum atomic E-state index is 13.4. The third kappa shape index (κ3) is 4.67. The fourth-order valence-electron chi connectivity index (χ4n) is 5.21. The summed E-state index contributed by atoms with van der Waals surface area (Å²) in [5.74, 6) is -1.14. The standard InChI is InChI=1S/C24H30ClN5O4/c1-23(2,34)13-30(21(32)19-18(20(26)31)27-14-28-19)16-6-8-24(9-7-16)10-11-29(22(24)33)17-5-3-4-15(25)12-17/h3-5,12,14,16,34H,6-11,13H2,1-2H3,(H2,26,31)(H,27,28)/t16-,24-. The van der Waals surface area contributed by atoms with Crippen LogP contribution in [0.15, 0.2) is 30.6 Å². The average Bonchev–Trinajstić information content (AvgIpc) is 3.38. The van der Waals surface area contributed by atoms with Crippen LogP contribution in [-0.4, -0.2) is 62.4 Å². The van der Waals surface area contributed by atoms with Gasteiger partial charge in [-0.25, -0.2) is 4.98 Å². The van der Waals surface area contributed by atoms with Gasteiger partial charge in [0, 0.05) is 29.8 Å². The van der Waals surface area contributed by atoms with Crippen LogP contribution in [0.25, 0.3) is 0 Å². The van der Waals surface area contributed by atoms with Crippen LogP contribution < -0.4 is 10.6 Å². The number of nitrogens with zero attached hydrogens (tertiary/aromatic N) is 3. The molecular formula is C24H30ClN5O4. The zero-order valence-corrected chi connectivity index (χ0v) is 20.1. The molecule has 1 saturated carbocycles. The van der Waals surface area contributed by atoms with E-state index in [2.05, 4.69) is 9.97 Å². The van der Waals surface area contributed by atoms with Gasteiger partial charge in [0.25, 0.3) is 11.8 Å². The number of carbonyl (C=O) groups is 3. The number of H-pyrrole nitrogens is 1. The van der Waals surface area contributed by atoms with Crippen LogP contribution in [0.5, 0.6) is 0 Å². The van der Waals surface area contributed by atoms with Gasteiger partial charge < -0.3 is 25.6 Å². The summed E-state index contributed by atoms with van der Waals surface area (Å²) in [7, 11) is 0. The number of hydrogen-bond acceptors (Lipinski definition) is 5. The number of nitrogens with one attached hydrogen (secondary N) is 1. The largest absolute Gasteiger partial charge is 0.389 e. The summed E-state index contributed by atoms with van der Waals surface area (Å²) < 4.78 is 0.